The van der Waals surface area contributed by atoms with Crippen LogP contribution >= 0.6 is 11.3 Å². The van der Waals surface area contributed by atoms with Gasteiger partial charge in [0.1, 0.15) is 5.82 Å². The molecular formula is C22H17N3O4S. The van der Waals surface area contributed by atoms with Crippen LogP contribution in [0.3, 0.4) is 0 Å². The van der Waals surface area contributed by atoms with E-state index in [0.717, 1.165) is 17.0 Å². The Kier molecular flexibility index (Phi) is 5.40. The third-order valence-electron chi connectivity index (χ3n) is 4.40. The molecule has 0 saturated carbocycles. The average molecular weight is 419 g/mol. The summed E-state index contributed by atoms with van der Waals surface area (Å²) in [5.74, 6) is -1.09. The van der Waals surface area contributed by atoms with Crippen LogP contribution in [-0.2, 0) is 9.53 Å². The summed E-state index contributed by atoms with van der Waals surface area (Å²) in [5, 5.41) is 3.92. The van der Waals surface area contributed by atoms with Gasteiger partial charge in [-0.1, -0.05) is 24.3 Å². The van der Waals surface area contributed by atoms with Crippen LogP contribution in [0.1, 0.15) is 25.9 Å². The number of carbonyl (C=O) groups is 3. The van der Waals surface area contributed by atoms with Crippen molar-refractivity contribution in [2.24, 2.45) is 0 Å². The number of amides is 2. The maximum Gasteiger partial charge on any atom is 0.338 e. The Morgan fingerprint density at radius 2 is 1.87 bits per heavy atom. The lowest BCUT2D eigenvalue weighted by Crippen LogP contribution is -2.33. The highest BCUT2D eigenvalue weighted by Gasteiger charge is 2.16. The molecule has 8 heteroatoms. The SMILES string of the molecule is Cc1nc2cc(C(=O)OCC(=O)NC(=O)c3cccs3)ccc2n1-c1ccccc1. The van der Waals surface area contributed by atoms with E-state index in [4.69, 9.17) is 4.74 Å². The van der Waals surface area contributed by atoms with Gasteiger partial charge in [-0.15, -0.1) is 11.3 Å². The molecule has 2 aromatic carbocycles. The van der Waals surface area contributed by atoms with Crippen LogP contribution in [-0.4, -0.2) is 33.9 Å². The first-order chi connectivity index (χ1) is 14.5. The number of aromatic nitrogens is 2. The first kappa shape index (κ1) is 19.5. The van der Waals surface area contributed by atoms with Gasteiger partial charge in [-0.05, 0) is 48.7 Å². The van der Waals surface area contributed by atoms with E-state index in [-0.39, 0.29) is 5.56 Å². The van der Waals surface area contributed by atoms with Crippen molar-refractivity contribution in [3.63, 3.8) is 0 Å². The topological polar surface area (TPSA) is 90.3 Å². The van der Waals surface area contributed by atoms with Crippen LogP contribution in [0.2, 0.25) is 0 Å². The number of hydrogen-bond donors (Lipinski definition) is 1. The second kappa shape index (κ2) is 8.30. The highest BCUT2D eigenvalue weighted by molar-refractivity contribution is 7.12. The number of para-hydroxylation sites is 1. The molecule has 0 bridgehead atoms. The van der Waals surface area contributed by atoms with Crippen molar-refractivity contribution in [1.29, 1.82) is 0 Å². The normalized spacial score (nSPS) is 10.7. The monoisotopic (exact) mass is 419 g/mol. The molecule has 0 unspecified atom stereocenters. The molecule has 150 valence electrons. The van der Waals surface area contributed by atoms with E-state index >= 15 is 0 Å². The summed E-state index contributed by atoms with van der Waals surface area (Å²) in [4.78, 5) is 41.0. The van der Waals surface area contributed by atoms with Gasteiger partial charge < -0.3 is 4.74 Å². The zero-order valence-corrected chi connectivity index (χ0v) is 16.8. The number of nitrogens with zero attached hydrogens (tertiary/aromatic N) is 2. The van der Waals surface area contributed by atoms with Crippen LogP contribution in [0.15, 0.2) is 66.0 Å². The van der Waals surface area contributed by atoms with Gasteiger partial charge >= 0.3 is 5.97 Å². The van der Waals surface area contributed by atoms with E-state index in [1.54, 1.807) is 35.7 Å². The minimum atomic E-state index is -0.688. The summed E-state index contributed by atoms with van der Waals surface area (Å²) in [7, 11) is 0. The minimum Gasteiger partial charge on any atom is -0.452 e. The molecule has 0 radical (unpaired) electrons. The first-order valence-electron chi connectivity index (χ1n) is 9.12. The van der Waals surface area contributed by atoms with Crippen LogP contribution in [0, 0.1) is 6.92 Å². The first-order valence-corrected chi connectivity index (χ1v) is 10.0. The summed E-state index contributed by atoms with van der Waals surface area (Å²) >= 11 is 1.22. The van der Waals surface area contributed by atoms with Crippen molar-refractivity contribution in [1.82, 2.24) is 14.9 Å². The number of imidazole rings is 1. The maximum atomic E-state index is 12.3. The summed E-state index contributed by atoms with van der Waals surface area (Å²) in [6.07, 6.45) is 0. The van der Waals surface area contributed by atoms with E-state index in [9.17, 15) is 14.4 Å². The van der Waals surface area contributed by atoms with Crippen LogP contribution in [0.25, 0.3) is 16.7 Å². The summed E-state index contributed by atoms with van der Waals surface area (Å²) in [6.45, 7) is 1.34. The number of ether oxygens (including phenoxy) is 1. The zero-order valence-electron chi connectivity index (χ0n) is 16.0. The van der Waals surface area contributed by atoms with Gasteiger partial charge in [0.15, 0.2) is 6.61 Å². The molecule has 4 rings (SSSR count). The fourth-order valence-corrected chi connectivity index (χ4v) is 3.70. The number of hydrogen-bond acceptors (Lipinski definition) is 6. The lowest BCUT2D eigenvalue weighted by Gasteiger charge is -2.07. The molecule has 0 atom stereocenters. The van der Waals surface area contributed by atoms with E-state index in [2.05, 4.69) is 10.3 Å². The fraction of sp³-hybridized carbons (Fsp3) is 0.0909. The second-order valence-electron chi connectivity index (χ2n) is 6.46. The van der Waals surface area contributed by atoms with Gasteiger partial charge in [-0.3, -0.25) is 19.5 Å². The smallest absolute Gasteiger partial charge is 0.338 e. The van der Waals surface area contributed by atoms with E-state index in [0.29, 0.717) is 10.4 Å². The molecule has 0 fully saturated rings. The van der Waals surface area contributed by atoms with Gasteiger partial charge in [0.2, 0.25) is 0 Å². The largest absolute Gasteiger partial charge is 0.452 e. The molecule has 2 aromatic heterocycles. The number of nitrogens with one attached hydrogen (secondary N) is 1. The molecule has 7 nitrogen and oxygen atoms in total. The van der Waals surface area contributed by atoms with Gasteiger partial charge in [-0.25, -0.2) is 9.78 Å². The van der Waals surface area contributed by atoms with Gasteiger partial charge in [-0.2, -0.15) is 0 Å². The Bertz CT molecular complexity index is 1230. The average Bonchev–Trinajstić information content (AvgIpc) is 3.39. The number of fused-ring (bicyclic) bond motifs is 1. The van der Waals surface area contributed by atoms with Crippen molar-refractivity contribution in [2.45, 2.75) is 6.92 Å². The molecule has 0 saturated heterocycles. The summed E-state index contributed by atoms with van der Waals surface area (Å²) in [6, 6.07) is 18.1. The third kappa shape index (κ3) is 3.99. The second-order valence-corrected chi connectivity index (χ2v) is 7.41. The standard InChI is InChI=1S/C22H17N3O4S/c1-14-23-17-12-15(9-10-18(17)25(14)16-6-3-2-4-7-16)22(28)29-13-20(26)24-21(27)19-8-5-11-30-19/h2-12H,13H2,1H3,(H,24,26,27). The third-order valence-corrected chi connectivity index (χ3v) is 5.27. The lowest BCUT2D eigenvalue weighted by atomic mass is 10.2. The molecule has 2 heterocycles. The number of imide groups is 1. The van der Waals surface area contributed by atoms with Gasteiger partial charge in [0, 0.05) is 5.69 Å². The number of esters is 1. The predicted octanol–water partition coefficient (Wildman–Crippen LogP) is 3.51. The fourth-order valence-electron chi connectivity index (χ4n) is 3.08. The number of aryl methyl sites for hydroxylation is 1. The molecule has 2 amide bonds. The Labute approximate surface area is 175 Å². The molecule has 0 aliphatic heterocycles. The van der Waals surface area contributed by atoms with Crippen molar-refractivity contribution in [2.75, 3.05) is 6.61 Å². The van der Waals surface area contributed by atoms with E-state index in [1.807, 2.05) is 41.8 Å². The van der Waals surface area contributed by atoms with Crippen LogP contribution < -0.4 is 5.32 Å². The molecular weight excluding hydrogens is 402 g/mol. The van der Waals surface area contributed by atoms with Crippen molar-refractivity contribution >= 4 is 40.2 Å². The highest BCUT2D eigenvalue weighted by atomic mass is 32.1. The Hall–Kier alpha value is -3.78. The Morgan fingerprint density at radius 3 is 2.60 bits per heavy atom. The van der Waals surface area contributed by atoms with Crippen LogP contribution in [0.4, 0.5) is 0 Å². The van der Waals surface area contributed by atoms with E-state index in [1.165, 1.54) is 11.3 Å². The lowest BCUT2D eigenvalue weighted by molar-refractivity contribution is -0.123. The molecule has 0 spiro atoms. The van der Waals surface area contributed by atoms with Crippen LogP contribution in [0.5, 0.6) is 0 Å². The predicted molar refractivity (Wildman–Crippen MR) is 113 cm³/mol. The summed E-state index contributed by atoms with van der Waals surface area (Å²) < 4.78 is 7.04. The molecule has 0 aliphatic carbocycles. The summed E-state index contributed by atoms with van der Waals surface area (Å²) in [5.41, 5.74) is 2.75. The highest BCUT2D eigenvalue weighted by Crippen LogP contribution is 2.22. The minimum absolute atomic E-state index is 0.276. The maximum absolute atomic E-state index is 12.3. The van der Waals surface area contributed by atoms with Crippen molar-refractivity contribution in [3.8, 4) is 5.69 Å². The molecule has 1 N–H and O–H groups in total. The number of thiophene rings is 1. The molecule has 30 heavy (non-hydrogen) atoms. The van der Waals surface area contributed by atoms with Gasteiger partial charge in [0.05, 0.1) is 21.5 Å². The number of benzene rings is 2. The zero-order chi connectivity index (χ0) is 21.1. The molecule has 4 aromatic rings. The Balaban J connectivity index is 1.45. The molecule has 0 aliphatic rings. The number of carbonyl (C=O) groups excluding carboxylic acids is 3. The van der Waals surface area contributed by atoms with Crippen molar-refractivity contribution < 1.29 is 19.1 Å². The Morgan fingerprint density at radius 1 is 1.07 bits per heavy atom. The van der Waals surface area contributed by atoms with Gasteiger partial charge in [0.25, 0.3) is 11.8 Å². The number of rotatable bonds is 5. The van der Waals surface area contributed by atoms with E-state index < -0.39 is 24.4 Å². The quantitative estimate of drug-likeness (QED) is 0.500. The van der Waals surface area contributed by atoms with Crippen molar-refractivity contribution in [3.05, 3.63) is 82.3 Å².